The molecule has 0 fully saturated rings. The summed E-state index contributed by atoms with van der Waals surface area (Å²) in [5, 5.41) is 12.4. The molecule has 2 unspecified atom stereocenters. The van der Waals surface area contributed by atoms with Crippen LogP contribution in [0.1, 0.15) is 104 Å². The molecule has 196 valence electrons. The molecule has 0 bridgehead atoms. The molecule has 9 nitrogen and oxygen atoms in total. The molecular weight excluding hydrogens is 449 g/mol. The van der Waals surface area contributed by atoms with Crippen molar-refractivity contribution >= 4 is 19.7 Å². The van der Waals surface area contributed by atoms with Gasteiger partial charge >= 0.3 is 13.8 Å². The predicted octanol–water partition coefficient (Wildman–Crippen LogP) is 4.64. The van der Waals surface area contributed by atoms with Crippen LogP contribution in [0.4, 0.5) is 0 Å². The summed E-state index contributed by atoms with van der Waals surface area (Å²) in [5.74, 6) is -0.537. The zero-order valence-electron chi connectivity index (χ0n) is 20.6. The summed E-state index contributed by atoms with van der Waals surface area (Å²) >= 11 is 0. The summed E-state index contributed by atoms with van der Waals surface area (Å²) < 4.78 is 26.3. The van der Waals surface area contributed by atoms with E-state index < -0.39 is 26.5 Å². The van der Waals surface area contributed by atoms with E-state index in [0.717, 1.165) is 51.4 Å². The molecule has 0 aromatic carbocycles. The maximum absolute atomic E-state index is 11.8. The Morgan fingerprint density at radius 2 is 1.36 bits per heavy atom. The maximum Gasteiger partial charge on any atom is 0.472 e. The van der Waals surface area contributed by atoms with Gasteiger partial charge in [0, 0.05) is 19.4 Å². The quantitative estimate of drug-likeness (QED) is 0.106. The number of amides is 1. The van der Waals surface area contributed by atoms with Gasteiger partial charge in [-0.3, -0.25) is 18.6 Å². The summed E-state index contributed by atoms with van der Waals surface area (Å²) in [7, 11) is -4.37. The van der Waals surface area contributed by atoms with Gasteiger partial charge in [0.15, 0.2) is 0 Å². The highest BCUT2D eigenvalue weighted by atomic mass is 31.2. The van der Waals surface area contributed by atoms with Crippen LogP contribution in [0.3, 0.4) is 0 Å². The van der Waals surface area contributed by atoms with Crippen molar-refractivity contribution in [1.82, 2.24) is 5.32 Å². The first-order chi connectivity index (χ1) is 15.8. The number of hydrogen-bond donors (Lipinski definition) is 3. The molecule has 0 radical (unpaired) electrons. The van der Waals surface area contributed by atoms with Gasteiger partial charge < -0.3 is 20.1 Å². The minimum atomic E-state index is -4.37. The highest BCUT2D eigenvalue weighted by molar-refractivity contribution is 7.47. The second-order valence-corrected chi connectivity index (χ2v) is 9.77. The van der Waals surface area contributed by atoms with Gasteiger partial charge in [-0.1, -0.05) is 78.1 Å². The van der Waals surface area contributed by atoms with E-state index in [4.69, 9.17) is 13.8 Å². The topological polar surface area (TPSA) is 131 Å². The van der Waals surface area contributed by atoms with Crippen LogP contribution < -0.4 is 5.32 Å². The smallest absolute Gasteiger partial charge is 0.463 e. The zero-order chi connectivity index (χ0) is 24.8. The third kappa shape index (κ3) is 22.6. The standard InChI is InChI=1S/C23H46NO8P/c1-3-5-7-9-10-12-14-16-23(27)30-19-21(25)20-32-33(28,29)31-18-17-24-22(26)15-13-11-8-6-4-2/h21,25H,3-20H2,1-2H3,(H,24,26)(H,28,29). The maximum atomic E-state index is 11.8. The lowest BCUT2D eigenvalue weighted by atomic mass is 10.1. The first kappa shape index (κ1) is 32.0. The lowest BCUT2D eigenvalue weighted by Gasteiger charge is -2.15. The molecule has 0 aliphatic carbocycles. The fraction of sp³-hybridized carbons (Fsp3) is 0.913. The summed E-state index contributed by atoms with van der Waals surface area (Å²) in [6.45, 7) is 3.36. The van der Waals surface area contributed by atoms with E-state index in [1.54, 1.807) is 0 Å². The lowest BCUT2D eigenvalue weighted by Crippen LogP contribution is -2.27. The van der Waals surface area contributed by atoms with E-state index in [9.17, 15) is 24.2 Å². The highest BCUT2D eigenvalue weighted by Gasteiger charge is 2.23. The molecule has 10 heteroatoms. The number of esters is 1. The Morgan fingerprint density at radius 1 is 0.818 bits per heavy atom. The number of aliphatic hydroxyl groups excluding tert-OH is 1. The van der Waals surface area contributed by atoms with Gasteiger partial charge in [-0.25, -0.2) is 4.57 Å². The van der Waals surface area contributed by atoms with Crippen molar-refractivity contribution in [3.63, 3.8) is 0 Å². The lowest BCUT2D eigenvalue weighted by molar-refractivity contribution is -0.147. The zero-order valence-corrected chi connectivity index (χ0v) is 21.5. The molecule has 0 aromatic rings. The number of nitrogens with one attached hydrogen (secondary N) is 1. The highest BCUT2D eigenvalue weighted by Crippen LogP contribution is 2.42. The van der Waals surface area contributed by atoms with Crippen molar-refractivity contribution in [2.24, 2.45) is 0 Å². The summed E-state index contributed by atoms with van der Waals surface area (Å²) in [6.07, 6.45) is 12.4. The molecule has 0 rings (SSSR count). The molecule has 0 spiro atoms. The van der Waals surface area contributed by atoms with Crippen LogP contribution in [0.2, 0.25) is 0 Å². The minimum absolute atomic E-state index is 0.0838. The predicted molar refractivity (Wildman–Crippen MR) is 128 cm³/mol. The van der Waals surface area contributed by atoms with Crippen LogP contribution in [0.5, 0.6) is 0 Å². The van der Waals surface area contributed by atoms with E-state index >= 15 is 0 Å². The van der Waals surface area contributed by atoms with E-state index in [-0.39, 0.29) is 32.1 Å². The molecule has 0 aromatic heterocycles. The molecular formula is C23H46NO8P. The number of ether oxygens (including phenoxy) is 1. The van der Waals surface area contributed by atoms with Crippen molar-refractivity contribution in [3.05, 3.63) is 0 Å². The van der Waals surface area contributed by atoms with Crippen molar-refractivity contribution in [1.29, 1.82) is 0 Å². The number of phosphoric acid groups is 1. The fourth-order valence-corrected chi connectivity index (χ4v) is 3.84. The third-order valence-corrected chi connectivity index (χ3v) is 6.02. The van der Waals surface area contributed by atoms with Crippen molar-refractivity contribution in [3.8, 4) is 0 Å². The molecule has 0 saturated carbocycles. The molecule has 33 heavy (non-hydrogen) atoms. The van der Waals surface area contributed by atoms with Crippen molar-refractivity contribution in [2.75, 3.05) is 26.4 Å². The summed E-state index contributed by atoms with van der Waals surface area (Å²) in [6, 6.07) is 0. The van der Waals surface area contributed by atoms with Crippen LogP contribution in [0.15, 0.2) is 0 Å². The molecule has 1 amide bonds. The Bertz CT molecular complexity index is 547. The van der Waals surface area contributed by atoms with Gasteiger partial charge in [0.25, 0.3) is 0 Å². The van der Waals surface area contributed by atoms with Crippen LogP contribution in [-0.2, 0) is 27.9 Å². The van der Waals surface area contributed by atoms with E-state index in [2.05, 4.69) is 19.2 Å². The van der Waals surface area contributed by atoms with Gasteiger partial charge in [0.1, 0.15) is 12.7 Å². The minimum Gasteiger partial charge on any atom is -0.463 e. The molecule has 2 atom stereocenters. The average Bonchev–Trinajstić information content (AvgIpc) is 2.78. The Kier molecular flexibility index (Phi) is 20.9. The van der Waals surface area contributed by atoms with Crippen molar-refractivity contribution in [2.45, 2.75) is 110 Å². The normalized spacial score (nSPS) is 13.9. The largest absolute Gasteiger partial charge is 0.472 e. The number of hydrogen-bond acceptors (Lipinski definition) is 7. The van der Waals surface area contributed by atoms with E-state index in [1.165, 1.54) is 25.7 Å². The van der Waals surface area contributed by atoms with Gasteiger partial charge in [-0.05, 0) is 12.8 Å². The van der Waals surface area contributed by atoms with Crippen molar-refractivity contribution < 1.29 is 37.9 Å². The SMILES string of the molecule is CCCCCCCCCC(=O)OCC(O)COP(=O)(O)OCCNC(=O)CCCCCCC. The van der Waals surface area contributed by atoms with Crippen LogP contribution in [0.25, 0.3) is 0 Å². The monoisotopic (exact) mass is 495 g/mol. The Hall–Kier alpha value is -0.990. The van der Waals surface area contributed by atoms with Gasteiger partial charge in [0.05, 0.1) is 13.2 Å². The number of rotatable bonds is 23. The first-order valence-electron chi connectivity index (χ1n) is 12.5. The molecule has 0 aliphatic heterocycles. The fourth-order valence-electron chi connectivity index (χ4n) is 3.08. The number of unbranched alkanes of at least 4 members (excludes halogenated alkanes) is 10. The van der Waals surface area contributed by atoms with Gasteiger partial charge in [-0.15, -0.1) is 0 Å². The number of carbonyl (C=O) groups excluding carboxylic acids is 2. The molecule has 0 aliphatic rings. The Balaban J connectivity index is 3.73. The number of aliphatic hydroxyl groups is 1. The van der Waals surface area contributed by atoms with Gasteiger partial charge in [0.2, 0.25) is 5.91 Å². The summed E-state index contributed by atoms with van der Waals surface area (Å²) in [4.78, 5) is 33.0. The van der Waals surface area contributed by atoms with Gasteiger partial charge in [-0.2, -0.15) is 0 Å². The number of carbonyl (C=O) groups is 2. The Labute approximate surface area is 199 Å². The Morgan fingerprint density at radius 3 is 1.97 bits per heavy atom. The van der Waals surface area contributed by atoms with Crippen LogP contribution in [-0.4, -0.2) is 54.3 Å². The second-order valence-electron chi connectivity index (χ2n) is 8.32. The van der Waals surface area contributed by atoms with Crippen LogP contribution >= 0.6 is 7.82 Å². The van der Waals surface area contributed by atoms with E-state index in [0.29, 0.717) is 6.42 Å². The summed E-state index contributed by atoms with van der Waals surface area (Å²) in [5.41, 5.74) is 0. The van der Waals surface area contributed by atoms with E-state index in [1.807, 2.05) is 0 Å². The average molecular weight is 496 g/mol. The molecule has 0 saturated heterocycles. The molecule has 0 heterocycles. The third-order valence-electron chi connectivity index (χ3n) is 5.04. The first-order valence-corrected chi connectivity index (χ1v) is 14.0. The molecule has 3 N–H and O–H groups in total. The second kappa shape index (κ2) is 21.5. The van der Waals surface area contributed by atoms with Crippen LogP contribution in [0, 0.1) is 0 Å². The number of phosphoric ester groups is 1.